The van der Waals surface area contributed by atoms with Gasteiger partial charge >= 0.3 is 17.9 Å². The normalized spacial score (nSPS) is 12.8. The molecule has 1 atom stereocenters. The van der Waals surface area contributed by atoms with E-state index < -0.39 is 6.10 Å². The average molecular weight is 835 g/mol. The van der Waals surface area contributed by atoms with E-state index in [4.69, 9.17) is 14.2 Å². The highest BCUT2D eigenvalue weighted by molar-refractivity contribution is 5.71. The third kappa shape index (κ3) is 45.7. The molecule has 6 heteroatoms. The molecule has 1 unspecified atom stereocenters. The van der Waals surface area contributed by atoms with Gasteiger partial charge in [-0.15, -0.1) is 0 Å². The first kappa shape index (κ1) is 56.6. The zero-order valence-corrected chi connectivity index (χ0v) is 38.9. The van der Waals surface area contributed by atoms with Gasteiger partial charge in [0.15, 0.2) is 6.10 Å². The largest absolute Gasteiger partial charge is 0.462 e. The molecule has 60 heavy (non-hydrogen) atoms. The van der Waals surface area contributed by atoms with Crippen molar-refractivity contribution in [2.45, 2.75) is 226 Å². The van der Waals surface area contributed by atoms with E-state index in [-0.39, 0.29) is 37.5 Å². The van der Waals surface area contributed by atoms with Crippen molar-refractivity contribution in [2.75, 3.05) is 13.2 Å². The molecule has 0 saturated heterocycles. The second-order valence-corrected chi connectivity index (χ2v) is 16.0. The SMILES string of the molecule is CC/C=C\C/C=C\C/C=C\C/C=C\CCC(=O)OCC(COC(=O)CCCCCCC/C=C\C/C=C\C/C=C\CC)OC(=O)CCCCCCCCCCCCCCCC. The summed E-state index contributed by atoms with van der Waals surface area (Å²) in [6.07, 6.45) is 61.5. The Morgan fingerprint density at radius 2 is 0.683 bits per heavy atom. The molecule has 0 rings (SSSR count). The van der Waals surface area contributed by atoms with E-state index in [2.05, 4.69) is 93.7 Å². The third-order valence-electron chi connectivity index (χ3n) is 10.2. The van der Waals surface area contributed by atoms with E-state index in [0.29, 0.717) is 19.3 Å². The van der Waals surface area contributed by atoms with Gasteiger partial charge in [0.25, 0.3) is 0 Å². The van der Waals surface area contributed by atoms with Crippen molar-refractivity contribution in [2.24, 2.45) is 0 Å². The molecule has 0 saturated carbocycles. The van der Waals surface area contributed by atoms with E-state index in [0.717, 1.165) is 103 Å². The molecule has 0 aromatic heterocycles. The van der Waals surface area contributed by atoms with E-state index in [1.54, 1.807) is 0 Å². The summed E-state index contributed by atoms with van der Waals surface area (Å²) in [5.41, 5.74) is 0. The van der Waals surface area contributed by atoms with Gasteiger partial charge < -0.3 is 14.2 Å². The molecule has 0 aliphatic rings. The van der Waals surface area contributed by atoms with Crippen molar-refractivity contribution in [1.29, 1.82) is 0 Å². The number of carbonyl (C=O) groups is 3. The van der Waals surface area contributed by atoms with Gasteiger partial charge in [0.2, 0.25) is 0 Å². The topological polar surface area (TPSA) is 78.9 Å². The van der Waals surface area contributed by atoms with Gasteiger partial charge in [0.1, 0.15) is 13.2 Å². The van der Waals surface area contributed by atoms with Crippen LogP contribution in [0, 0.1) is 0 Å². The summed E-state index contributed by atoms with van der Waals surface area (Å²) >= 11 is 0. The molecule has 0 fully saturated rings. The van der Waals surface area contributed by atoms with Crippen LogP contribution >= 0.6 is 0 Å². The minimum Gasteiger partial charge on any atom is -0.462 e. The van der Waals surface area contributed by atoms with Gasteiger partial charge in [-0.3, -0.25) is 14.4 Å². The number of rotatable bonds is 43. The van der Waals surface area contributed by atoms with Crippen LogP contribution < -0.4 is 0 Å². The maximum absolute atomic E-state index is 12.8. The highest BCUT2D eigenvalue weighted by Crippen LogP contribution is 2.14. The number of allylic oxidation sites excluding steroid dienone is 14. The van der Waals surface area contributed by atoms with Gasteiger partial charge in [0, 0.05) is 19.3 Å². The number of hydrogen-bond donors (Lipinski definition) is 0. The Hall–Kier alpha value is -3.41. The van der Waals surface area contributed by atoms with Gasteiger partial charge in [-0.05, 0) is 77.0 Å². The maximum Gasteiger partial charge on any atom is 0.306 e. The van der Waals surface area contributed by atoms with E-state index in [1.807, 2.05) is 12.2 Å². The Bertz CT molecular complexity index is 1190. The Labute approximate surface area is 369 Å². The van der Waals surface area contributed by atoms with Gasteiger partial charge in [-0.2, -0.15) is 0 Å². The van der Waals surface area contributed by atoms with Crippen molar-refractivity contribution in [3.05, 3.63) is 85.1 Å². The van der Waals surface area contributed by atoms with Crippen LogP contribution in [0.4, 0.5) is 0 Å². The lowest BCUT2D eigenvalue weighted by Gasteiger charge is -2.18. The van der Waals surface area contributed by atoms with Crippen LogP contribution in [0.2, 0.25) is 0 Å². The van der Waals surface area contributed by atoms with Crippen LogP contribution in [0.15, 0.2) is 85.1 Å². The Balaban J connectivity index is 4.49. The molecule has 0 heterocycles. The maximum atomic E-state index is 12.8. The van der Waals surface area contributed by atoms with Crippen molar-refractivity contribution in [3.8, 4) is 0 Å². The lowest BCUT2D eigenvalue weighted by Crippen LogP contribution is -2.30. The molecular formula is C54H90O6. The Morgan fingerprint density at radius 3 is 1.12 bits per heavy atom. The van der Waals surface area contributed by atoms with Crippen LogP contribution in [0.25, 0.3) is 0 Å². The Kier molecular flexibility index (Phi) is 45.5. The molecule has 342 valence electrons. The van der Waals surface area contributed by atoms with E-state index in [9.17, 15) is 14.4 Å². The molecule has 0 aliphatic heterocycles. The smallest absolute Gasteiger partial charge is 0.306 e. The molecule has 0 bridgehead atoms. The fourth-order valence-electron chi connectivity index (χ4n) is 6.53. The van der Waals surface area contributed by atoms with E-state index in [1.165, 1.54) is 70.6 Å². The molecule has 0 aromatic rings. The fourth-order valence-corrected chi connectivity index (χ4v) is 6.53. The van der Waals surface area contributed by atoms with Crippen LogP contribution in [0.5, 0.6) is 0 Å². The number of esters is 3. The zero-order valence-electron chi connectivity index (χ0n) is 38.9. The second-order valence-electron chi connectivity index (χ2n) is 16.0. The lowest BCUT2D eigenvalue weighted by atomic mass is 10.0. The molecule has 0 aliphatic carbocycles. The minimum absolute atomic E-state index is 0.107. The first-order chi connectivity index (χ1) is 29.5. The molecule has 0 N–H and O–H groups in total. The highest BCUT2D eigenvalue weighted by atomic mass is 16.6. The van der Waals surface area contributed by atoms with Gasteiger partial charge in [-0.25, -0.2) is 0 Å². The number of carbonyl (C=O) groups excluding carboxylic acids is 3. The van der Waals surface area contributed by atoms with Crippen LogP contribution in [-0.2, 0) is 28.6 Å². The fraction of sp³-hybridized carbons (Fsp3) is 0.685. The molecular weight excluding hydrogens is 745 g/mol. The number of hydrogen-bond acceptors (Lipinski definition) is 6. The van der Waals surface area contributed by atoms with Crippen molar-refractivity contribution in [3.63, 3.8) is 0 Å². The van der Waals surface area contributed by atoms with Crippen molar-refractivity contribution < 1.29 is 28.6 Å². The second kappa shape index (κ2) is 48.3. The molecule has 0 radical (unpaired) electrons. The predicted octanol–water partition coefficient (Wildman–Crippen LogP) is 16.0. The minimum atomic E-state index is -0.809. The molecule has 0 aromatic carbocycles. The molecule has 6 nitrogen and oxygen atoms in total. The van der Waals surface area contributed by atoms with E-state index >= 15 is 0 Å². The van der Waals surface area contributed by atoms with Crippen molar-refractivity contribution >= 4 is 17.9 Å². The summed E-state index contributed by atoms with van der Waals surface area (Å²) in [5.74, 6) is -1.01. The summed E-state index contributed by atoms with van der Waals surface area (Å²) in [7, 11) is 0. The molecule has 0 amide bonds. The first-order valence-electron chi connectivity index (χ1n) is 24.6. The summed E-state index contributed by atoms with van der Waals surface area (Å²) in [5, 5.41) is 0. The number of ether oxygens (including phenoxy) is 3. The van der Waals surface area contributed by atoms with Crippen LogP contribution in [0.1, 0.15) is 220 Å². The van der Waals surface area contributed by atoms with Crippen LogP contribution in [0.3, 0.4) is 0 Å². The average Bonchev–Trinajstić information content (AvgIpc) is 3.24. The van der Waals surface area contributed by atoms with Gasteiger partial charge in [0.05, 0.1) is 0 Å². The summed E-state index contributed by atoms with van der Waals surface area (Å²) in [6.45, 7) is 6.32. The first-order valence-corrected chi connectivity index (χ1v) is 24.6. The monoisotopic (exact) mass is 835 g/mol. The zero-order chi connectivity index (χ0) is 43.7. The van der Waals surface area contributed by atoms with Crippen LogP contribution in [-0.4, -0.2) is 37.2 Å². The summed E-state index contributed by atoms with van der Waals surface area (Å²) in [6, 6.07) is 0. The predicted molar refractivity (Wildman–Crippen MR) is 256 cm³/mol. The van der Waals surface area contributed by atoms with Crippen molar-refractivity contribution in [1.82, 2.24) is 0 Å². The molecule has 0 spiro atoms. The number of unbranched alkanes of at least 4 members (excludes halogenated alkanes) is 18. The standard InChI is InChI=1S/C54H90O6/c1-4-7-10-13-16-19-22-25-27-30-32-35-38-41-44-47-53(56)59-50-51(49-58-52(55)46-43-40-37-34-31-28-24-21-18-15-12-9-6-3)60-54(57)48-45-42-39-36-33-29-26-23-20-17-14-11-8-5-2/h7,9-10,12,16,18-19,21,25,27-28,31,37,40,51H,4-6,8,11,13-15,17,20,22-24,26,29-30,32-36,38-39,41-50H2,1-3H3/b10-7-,12-9-,19-16-,21-18-,27-25-,31-28-,40-37-. The summed E-state index contributed by atoms with van der Waals surface area (Å²) < 4.78 is 16.7. The Morgan fingerprint density at radius 1 is 0.350 bits per heavy atom. The third-order valence-corrected chi connectivity index (χ3v) is 10.2. The summed E-state index contributed by atoms with van der Waals surface area (Å²) in [4.78, 5) is 37.9. The quantitative estimate of drug-likeness (QED) is 0.0263. The highest BCUT2D eigenvalue weighted by Gasteiger charge is 2.19. The lowest BCUT2D eigenvalue weighted by molar-refractivity contribution is -0.166. The van der Waals surface area contributed by atoms with Gasteiger partial charge in [-0.1, -0.05) is 209 Å².